The molecular formula is C17H23NO3. The summed E-state index contributed by atoms with van der Waals surface area (Å²) in [5.41, 5.74) is 2.21. The number of hydrogen-bond donors (Lipinski definition) is 2. The predicted molar refractivity (Wildman–Crippen MR) is 81.1 cm³/mol. The fourth-order valence-electron chi connectivity index (χ4n) is 2.21. The second kappa shape index (κ2) is 5.88. The minimum absolute atomic E-state index is 0.0233. The van der Waals surface area contributed by atoms with Crippen molar-refractivity contribution in [3.63, 3.8) is 0 Å². The molecule has 1 atom stereocenters. The van der Waals surface area contributed by atoms with Crippen LogP contribution in [0.15, 0.2) is 24.3 Å². The predicted octanol–water partition coefficient (Wildman–Crippen LogP) is 2.51. The second-order valence-corrected chi connectivity index (χ2v) is 6.82. The summed E-state index contributed by atoms with van der Waals surface area (Å²) in [6, 6.07) is 7.09. The van der Waals surface area contributed by atoms with E-state index in [0.29, 0.717) is 6.42 Å². The van der Waals surface area contributed by atoms with Gasteiger partial charge in [-0.1, -0.05) is 45.0 Å². The molecule has 4 nitrogen and oxygen atoms in total. The van der Waals surface area contributed by atoms with Gasteiger partial charge in [0, 0.05) is 12.3 Å². The Balaban J connectivity index is 2.02. The van der Waals surface area contributed by atoms with Gasteiger partial charge in [0.25, 0.3) is 0 Å². The number of amides is 1. The van der Waals surface area contributed by atoms with Crippen molar-refractivity contribution >= 4 is 11.9 Å². The average Bonchev–Trinajstić information content (AvgIpc) is 3.21. The van der Waals surface area contributed by atoms with E-state index in [1.165, 1.54) is 5.56 Å². The van der Waals surface area contributed by atoms with Crippen molar-refractivity contribution in [3.05, 3.63) is 35.4 Å². The summed E-state index contributed by atoms with van der Waals surface area (Å²) in [4.78, 5) is 23.0. The molecule has 1 saturated carbocycles. The summed E-state index contributed by atoms with van der Waals surface area (Å²) < 4.78 is 0. The van der Waals surface area contributed by atoms with Crippen LogP contribution in [0.1, 0.15) is 44.7 Å². The summed E-state index contributed by atoms with van der Waals surface area (Å²) in [5, 5.41) is 11.9. The zero-order chi connectivity index (χ0) is 15.6. The number of hydrogen-bond acceptors (Lipinski definition) is 2. The number of carboxylic acids is 1. The molecule has 21 heavy (non-hydrogen) atoms. The Morgan fingerprint density at radius 3 is 2.24 bits per heavy atom. The molecule has 0 unspecified atom stereocenters. The molecule has 2 rings (SSSR count). The van der Waals surface area contributed by atoms with Crippen molar-refractivity contribution in [1.82, 2.24) is 5.32 Å². The highest BCUT2D eigenvalue weighted by atomic mass is 16.4. The molecule has 0 saturated heterocycles. The fourth-order valence-corrected chi connectivity index (χ4v) is 2.21. The van der Waals surface area contributed by atoms with Gasteiger partial charge >= 0.3 is 5.97 Å². The molecule has 1 amide bonds. The molecule has 0 radical (unpaired) electrons. The summed E-state index contributed by atoms with van der Waals surface area (Å²) in [5.74, 6) is -1.09. The van der Waals surface area contributed by atoms with E-state index in [-0.39, 0.29) is 17.2 Å². The van der Waals surface area contributed by atoms with Gasteiger partial charge in [-0.15, -0.1) is 0 Å². The van der Waals surface area contributed by atoms with Crippen molar-refractivity contribution in [2.75, 3.05) is 0 Å². The van der Waals surface area contributed by atoms with E-state index >= 15 is 0 Å². The molecule has 2 N–H and O–H groups in total. The third kappa shape index (κ3) is 4.31. The van der Waals surface area contributed by atoms with E-state index in [1.807, 2.05) is 24.3 Å². The lowest BCUT2D eigenvalue weighted by molar-refractivity contribution is -0.142. The first-order valence-corrected chi connectivity index (χ1v) is 7.40. The number of benzene rings is 1. The standard InChI is InChI=1S/C17H23NO3/c1-17(2,3)13-8-4-11(5-9-13)10-14(16(20)21)18-15(19)12-6-7-12/h4-5,8-9,12,14H,6-7,10H2,1-3H3,(H,18,19)(H,20,21)/t14-/m1/s1. The zero-order valence-corrected chi connectivity index (χ0v) is 12.8. The van der Waals surface area contributed by atoms with E-state index in [9.17, 15) is 14.7 Å². The molecule has 0 aromatic heterocycles. The minimum atomic E-state index is -0.983. The largest absolute Gasteiger partial charge is 0.480 e. The van der Waals surface area contributed by atoms with Gasteiger partial charge in [0.2, 0.25) is 5.91 Å². The van der Waals surface area contributed by atoms with E-state index < -0.39 is 12.0 Å². The summed E-state index contributed by atoms with van der Waals surface area (Å²) >= 11 is 0. The molecule has 4 heteroatoms. The lowest BCUT2D eigenvalue weighted by atomic mass is 9.86. The Hall–Kier alpha value is -1.84. The van der Waals surface area contributed by atoms with Gasteiger partial charge in [-0.3, -0.25) is 4.79 Å². The number of carbonyl (C=O) groups excluding carboxylic acids is 1. The van der Waals surface area contributed by atoms with Crippen LogP contribution in [0.5, 0.6) is 0 Å². The van der Waals surface area contributed by atoms with Crippen molar-refractivity contribution in [2.24, 2.45) is 5.92 Å². The zero-order valence-electron chi connectivity index (χ0n) is 12.8. The first kappa shape index (κ1) is 15.5. The third-order valence-corrected chi connectivity index (χ3v) is 3.82. The van der Waals surface area contributed by atoms with Crippen LogP contribution in [0.4, 0.5) is 0 Å². The molecule has 1 fully saturated rings. The number of aliphatic carboxylic acids is 1. The van der Waals surface area contributed by atoms with Crippen LogP contribution in [0.25, 0.3) is 0 Å². The van der Waals surface area contributed by atoms with Gasteiger partial charge < -0.3 is 10.4 Å². The lowest BCUT2D eigenvalue weighted by Crippen LogP contribution is -2.43. The third-order valence-electron chi connectivity index (χ3n) is 3.82. The van der Waals surface area contributed by atoms with Crippen LogP contribution in [0.2, 0.25) is 0 Å². The van der Waals surface area contributed by atoms with Crippen LogP contribution in [-0.2, 0) is 21.4 Å². The van der Waals surface area contributed by atoms with Crippen molar-refractivity contribution < 1.29 is 14.7 Å². The maximum atomic E-state index is 11.7. The maximum absolute atomic E-state index is 11.7. The number of nitrogens with one attached hydrogen (secondary N) is 1. The molecule has 1 aliphatic rings. The fraction of sp³-hybridized carbons (Fsp3) is 0.529. The van der Waals surface area contributed by atoms with E-state index in [4.69, 9.17) is 0 Å². The van der Waals surface area contributed by atoms with Crippen LogP contribution in [0, 0.1) is 5.92 Å². The molecule has 0 heterocycles. The first-order chi connectivity index (χ1) is 9.77. The normalized spacial score (nSPS) is 16.3. The number of carboxylic acid groups (broad SMARTS) is 1. The van der Waals surface area contributed by atoms with Gasteiger partial charge in [0.15, 0.2) is 0 Å². The quantitative estimate of drug-likeness (QED) is 0.875. The van der Waals surface area contributed by atoms with Crippen LogP contribution >= 0.6 is 0 Å². The highest BCUT2D eigenvalue weighted by molar-refractivity contribution is 5.86. The molecule has 1 aliphatic carbocycles. The number of carbonyl (C=O) groups is 2. The SMILES string of the molecule is CC(C)(C)c1ccc(C[C@@H](NC(=O)C2CC2)C(=O)O)cc1. The molecule has 1 aromatic rings. The Kier molecular flexibility index (Phi) is 4.35. The summed E-state index contributed by atoms with van der Waals surface area (Å²) in [7, 11) is 0. The van der Waals surface area contributed by atoms with Crippen LogP contribution < -0.4 is 5.32 Å². The molecule has 0 bridgehead atoms. The highest BCUT2D eigenvalue weighted by Gasteiger charge is 2.32. The minimum Gasteiger partial charge on any atom is -0.480 e. The van der Waals surface area contributed by atoms with Crippen LogP contribution in [0.3, 0.4) is 0 Å². The topological polar surface area (TPSA) is 66.4 Å². The highest BCUT2D eigenvalue weighted by Crippen LogP contribution is 2.29. The van der Waals surface area contributed by atoms with E-state index in [2.05, 4.69) is 26.1 Å². The van der Waals surface area contributed by atoms with Gasteiger partial charge in [0.05, 0.1) is 0 Å². The van der Waals surface area contributed by atoms with Gasteiger partial charge in [0.1, 0.15) is 6.04 Å². The van der Waals surface area contributed by atoms with Gasteiger partial charge in [-0.25, -0.2) is 4.79 Å². The van der Waals surface area contributed by atoms with E-state index in [0.717, 1.165) is 18.4 Å². The molecule has 1 aromatic carbocycles. The van der Waals surface area contributed by atoms with Crippen molar-refractivity contribution in [2.45, 2.75) is 51.5 Å². The second-order valence-electron chi connectivity index (χ2n) is 6.82. The first-order valence-electron chi connectivity index (χ1n) is 7.40. The monoisotopic (exact) mass is 289 g/mol. The Morgan fingerprint density at radius 1 is 1.24 bits per heavy atom. The maximum Gasteiger partial charge on any atom is 0.326 e. The summed E-state index contributed by atoms with van der Waals surface area (Å²) in [6.07, 6.45) is 2.06. The molecule has 0 spiro atoms. The van der Waals surface area contributed by atoms with Crippen molar-refractivity contribution in [1.29, 1.82) is 0 Å². The Bertz CT molecular complexity index is 524. The molecule has 114 valence electrons. The molecular weight excluding hydrogens is 266 g/mol. The van der Waals surface area contributed by atoms with Crippen LogP contribution in [-0.4, -0.2) is 23.0 Å². The smallest absolute Gasteiger partial charge is 0.326 e. The lowest BCUT2D eigenvalue weighted by Gasteiger charge is -2.20. The van der Waals surface area contributed by atoms with E-state index in [1.54, 1.807) is 0 Å². The van der Waals surface area contributed by atoms with Crippen molar-refractivity contribution in [3.8, 4) is 0 Å². The Labute approximate surface area is 125 Å². The number of rotatable bonds is 5. The van der Waals surface area contributed by atoms with Gasteiger partial charge in [-0.05, 0) is 29.4 Å². The Morgan fingerprint density at radius 2 is 1.81 bits per heavy atom. The van der Waals surface area contributed by atoms with Gasteiger partial charge in [-0.2, -0.15) is 0 Å². The average molecular weight is 289 g/mol. The summed E-state index contributed by atoms with van der Waals surface area (Å²) in [6.45, 7) is 6.41. The molecule has 0 aliphatic heterocycles.